The molecule has 2 nitrogen and oxygen atoms in total. The third-order valence-corrected chi connectivity index (χ3v) is 2.35. The standard InChI is InChI=1S/C9H16N2S/c1-4-7(2)10-8(12)11-9(3)5-6-9/h4,7H,1,5-6H2,2-3H3,(H2,10,11,12). The van der Waals surface area contributed by atoms with Crippen molar-refractivity contribution >= 4 is 17.3 Å². The van der Waals surface area contributed by atoms with Gasteiger partial charge in [0.05, 0.1) is 0 Å². The molecule has 1 atom stereocenters. The van der Waals surface area contributed by atoms with Gasteiger partial charge in [0.2, 0.25) is 0 Å². The van der Waals surface area contributed by atoms with E-state index in [9.17, 15) is 0 Å². The molecule has 1 aliphatic carbocycles. The van der Waals surface area contributed by atoms with Crippen molar-refractivity contribution in [2.45, 2.75) is 38.3 Å². The van der Waals surface area contributed by atoms with Crippen molar-refractivity contribution in [3.05, 3.63) is 12.7 Å². The van der Waals surface area contributed by atoms with E-state index < -0.39 is 0 Å². The molecule has 0 saturated heterocycles. The zero-order chi connectivity index (χ0) is 9.19. The van der Waals surface area contributed by atoms with Crippen molar-refractivity contribution in [2.75, 3.05) is 0 Å². The normalized spacial score (nSPS) is 20.8. The first-order valence-electron chi connectivity index (χ1n) is 4.27. The van der Waals surface area contributed by atoms with Crippen LogP contribution in [-0.4, -0.2) is 16.7 Å². The van der Waals surface area contributed by atoms with E-state index in [2.05, 4.69) is 24.1 Å². The number of hydrogen-bond acceptors (Lipinski definition) is 1. The van der Waals surface area contributed by atoms with Gasteiger partial charge in [-0.15, -0.1) is 6.58 Å². The number of thiocarbonyl (C=S) groups is 1. The van der Waals surface area contributed by atoms with Gasteiger partial charge in [-0.05, 0) is 38.9 Å². The van der Waals surface area contributed by atoms with Gasteiger partial charge in [-0.3, -0.25) is 0 Å². The minimum atomic E-state index is 0.243. The van der Waals surface area contributed by atoms with Crippen LogP contribution in [-0.2, 0) is 0 Å². The van der Waals surface area contributed by atoms with Crippen molar-refractivity contribution in [3.8, 4) is 0 Å². The largest absolute Gasteiger partial charge is 0.358 e. The van der Waals surface area contributed by atoms with Crippen molar-refractivity contribution in [1.29, 1.82) is 0 Å². The Morgan fingerprint density at radius 2 is 2.25 bits per heavy atom. The summed E-state index contributed by atoms with van der Waals surface area (Å²) in [5, 5.41) is 7.13. The Morgan fingerprint density at radius 3 is 2.67 bits per heavy atom. The van der Waals surface area contributed by atoms with Gasteiger partial charge in [-0.1, -0.05) is 6.08 Å². The quantitative estimate of drug-likeness (QED) is 0.514. The molecule has 1 rings (SSSR count). The SMILES string of the molecule is C=CC(C)NC(=S)NC1(C)CC1. The second-order valence-corrected chi connectivity index (χ2v) is 4.09. The second-order valence-electron chi connectivity index (χ2n) is 3.68. The maximum atomic E-state index is 5.11. The Hall–Kier alpha value is -0.570. The molecule has 0 spiro atoms. The fourth-order valence-corrected chi connectivity index (χ4v) is 1.32. The smallest absolute Gasteiger partial charge is 0.167 e. The van der Waals surface area contributed by atoms with Crippen molar-refractivity contribution < 1.29 is 0 Å². The number of hydrogen-bond donors (Lipinski definition) is 2. The highest BCUT2D eigenvalue weighted by Crippen LogP contribution is 2.33. The van der Waals surface area contributed by atoms with Crippen LogP contribution in [0.15, 0.2) is 12.7 Å². The predicted octanol–water partition coefficient (Wildman–Crippen LogP) is 1.58. The fraction of sp³-hybridized carbons (Fsp3) is 0.667. The molecule has 0 radical (unpaired) electrons. The van der Waals surface area contributed by atoms with E-state index in [0.717, 1.165) is 5.11 Å². The minimum Gasteiger partial charge on any atom is -0.358 e. The first kappa shape index (κ1) is 9.52. The molecule has 1 unspecified atom stereocenters. The molecule has 3 heteroatoms. The molecule has 2 N–H and O–H groups in total. The van der Waals surface area contributed by atoms with Crippen molar-refractivity contribution in [2.24, 2.45) is 0 Å². The summed E-state index contributed by atoms with van der Waals surface area (Å²) in [6.07, 6.45) is 4.28. The summed E-state index contributed by atoms with van der Waals surface area (Å²) in [6, 6.07) is 0.243. The highest BCUT2D eigenvalue weighted by atomic mass is 32.1. The summed E-state index contributed by atoms with van der Waals surface area (Å²) in [6.45, 7) is 7.88. The lowest BCUT2D eigenvalue weighted by Crippen LogP contribution is -2.44. The monoisotopic (exact) mass is 184 g/mol. The molecule has 68 valence electrons. The van der Waals surface area contributed by atoms with Crippen LogP contribution >= 0.6 is 12.2 Å². The average molecular weight is 184 g/mol. The van der Waals surface area contributed by atoms with E-state index in [-0.39, 0.29) is 11.6 Å². The van der Waals surface area contributed by atoms with E-state index in [1.165, 1.54) is 12.8 Å². The molecular formula is C9H16N2S. The highest BCUT2D eigenvalue weighted by Gasteiger charge is 2.37. The van der Waals surface area contributed by atoms with Crippen LogP contribution in [0.4, 0.5) is 0 Å². The zero-order valence-electron chi connectivity index (χ0n) is 7.68. The van der Waals surface area contributed by atoms with Crippen molar-refractivity contribution in [1.82, 2.24) is 10.6 Å². The summed E-state index contributed by atoms with van der Waals surface area (Å²) >= 11 is 5.11. The molecule has 0 amide bonds. The van der Waals surface area contributed by atoms with E-state index in [1.807, 2.05) is 13.0 Å². The Labute approximate surface area is 79.4 Å². The molecule has 0 bridgehead atoms. The van der Waals surface area contributed by atoms with Crippen LogP contribution in [0.3, 0.4) is 0 Å². The number of nitrogens with one attached hydrogen (secondary N) is 2. The van der Waals surface area contributed by atoms with Gasteiger partial charge in [-0.25, -0.2) is 0 Å². The summed E-state index contributed by atoms with van der Waals surface area (Å²) in [4.78, 5) is 0. The fourth-order valence-electron chi connectivity index (χ4n) is 0.888. The van der Waals surface area contributed by atoms with Gasteiger partial charge in [0.1, 0.15) is 0 Å². The van der Waals surface area contributed by atoms with Crippen LogP contribution in [0.5, 0.6) is 0 Å². The van der Waals surface area contributed by atoms with Gasteiger partial charge in [0.15, 0.2) is 5.11 Å². The maximum absolute atomic E-state index is 5.11. The minimum absolute atomic E-state index is 0.243. The van der Waals surface area contributed by atoms with Crippen LogP contribution in [0.25, 0.3) is 0 Å². The van der Waals surface area contributed by atoms with Crippen LogP contribution < -0.4 is 10.6 Å². The average Bonchev–Trinajstić information content (AvgIpc) is 2.67. The first-order valence-corrected chi connectivity index (χ1v) is 4.68. The second kappa shape index (κ2) is 3.44. The summed E-state index contributed by atoms with van der Waals surface area (Å²) < 4.78 is 0. The van der Waals surface area contributed by atoms with E-state index in [4.69, 9.17) is 12.2 Å². The first-order chi connectivity index (χ1) is 5.56. The molecule has 0 heterocycles. The summed E-state index contributed by atoms with van der Waals surface area (Å²) in [5.74, 6) is 0. The van der Waals surface area contributed by atoms with Gasteiger partial charge in [0, 0.05) is 11.6 Å². The van der Waals surface area contributed by atoms with Crippen molar-refractivity contribution in [3.63, 3.8) is 0 Å². The molecular weight excluding hydrogens is 168 g/mol. The molecule has 0 aromatic rings. The molecule has 1 fully saturated rings. The molecule has 0 aliphatic heterocycles. The molecule has 1 aliphatic rings. The summed E-state index contributed by atoms with van der Waals surface area (Å²) in [5.41, 5.74) is 0.269. The lowest BCUT2D eigenvalue weighted by molar-refractivity contribution is 0.645. The Balaban J connectivity index is 2.24. The van der Waals surface area contributed by atoms with Crippen LogP contribution in [0, 0.1) is 0 Å². The van der Waals surface area contributed by atoms with Crippen LogP contribution in [0.2, 0.25) is 0 Å². The Bertz CT molecular complexity index is 197. The molecule has 0 aromatic carbocycles. The van der Waals surface area contributed by atoms with Gasteiger partial charge in [-0.2, -0.15) is 0 Å². The Morgan fingerprint density at radius 1 is 1.67 bits per heavy atom. The van der Waals surface area contributed by atoms with Gasteiger partial charge >= 0.3 is 0 Å². The highest BCUT2D eigenvalue weighted by molar-refractivity contribution is 7.80. The molecule has 1 saturated carbocycles. The third kappa shape index (κ3) is 2.81. The van der Waals surface area contributed by atoms with E-state index in [0.29, 0.717) is 0 Å². The van der Waals surface area contributed by atoms with E-state index in [1.54, 1.807) is 0 Å². The lowest BCUT2D eigenvalue weighted by Gasteiger charge is -2.17. The number of rotatable bonds is 3. The maximum Gasteiger partial charge on any atom is 0.167 e. The molecule has 0 aromatic heterocycles. The topological polar surface area (TPSA) is 24.1 Å². The summed E-state index contributed by atoms with van der Waals surface area (Å²) in [7, 11) is 0. The van der Waals surface area contributed by atoms with E-state index >= 15 is 0 Å². The lowest BCUT2D eigenvalue weighted by atomic mass is 10.3. The predicted molar refractivity (Wildman–Crippen MR) is 56.2 cm³/mol. The Kier molecular flexibility index (Phi) is 2.73. The zero-order valence-corrected chi connectivity index (χ0v) is 8.50. The third-order valence-electron chi connectivity index (χ3n) is 2.13. The van der Waals surface area contributed by atoms with Crippen LogP contribution in [0.1, 0.15) is 26.7 Å². The van der Waals surface area contributed by atoms with Gasteiger partial charge < -0.3 is 10.6 Å². The molecule has 12 heavy (non-hydrogen) atoms. The van der Waals surface area contributed by atoms with Gasteiger partial charge in [0.25, 0.3) is 0 Å².